The fraction of sp³-hybridized carbons (Fsp3) is 0.421. The van der Waals surface area contributed by atoms with E-state index in [0.29, 0.717) is 48.5 Å². The van der Waals surface area contributed by atoms with E-state index in [0.717, 1.165) is 5.69 Å². The Morgan fingerprint density at radius 1 is 1.14 bits per heavy atom. The van der Waals surface area contributed by atoms with Crippen LogP contribution >= 0.6 is 11.3 Å². The molecule has 1 N–H and O–H groups in total. The standard InChI is InChI=1S/C19H24N4O4S/c1-13(24)22-6-8-23(9-7-22)18(25)10-14-12-28-19(20-14)21-16-11-15(26-2)4-5-17(16)27-3/h4-5,11-12H,6-10H2,1-3H3,(H,20,21). The number of piperazine rings is 1. The van der Waals surface area contributed by atoms with E-state index in [4.69, 9.17) is 9.47 Å². The number of carbonyl (C=O) groups excluding carboxylic acids is 2. The third kappa shape index (κ3) is 4.72. The Morgan fingerprint density at radius 3 is 2.50 bits per heavy atom. The van der Waals surface area contributed by atoms with Gasteiger partial charge in [-0.1, -0.05) is 0 Å². The summed E-state index contributed by atoms with van der Waals surface area (Å²) in [5, 5.41) is 5.77. The summed E-state index contributed by atoms with van der Waals surface area (Å²) < 4.78 is 10.6. The molecular formula is C19H24N4O4S. The van der Waals surface area contributed by atoms with Gasteiger partial charge in [-0.15, -0.1) is 11.3 Å². The maximum Gasteiger partial charge on any atom is 0.228 e. The zero-order valence-corrected chi connectivity index (χ0v) is 17.0. The number of ether oxygens (including phenoxy) is 2. The second kappa shape index (κ2) is 8.92. The van der Waals surface area contributed by atoms with Gasteiger partial charge >= 0.3 is 0 Å². The topological polar surface area (TPSA) is 84.0 Å². The summed E-state index contributed by atoms with van der Waals surface area (Å²) in [6, 6.07) is 5.47. The first kappa shape index (κ1) is 19.9. The minimum atomic E-state index is 0.0269. The molecule has 1 aliphatic rings. The van der Waals surface area contributed by atoms with Crippen LogP contribution in [-0.2, 0) is 16.0 Å². The molecule has 2 heterocycles. The SMILES string of the molecule is COc1ccc(OC)c(Nc2nc(CC(=O)N3CCN(C(C)=O)CC3)cs2)c1. The molecule has 2 amide bonds. The lowest BCUT2D eigenvalue weighted by Gasteiger charge is -2.34. The highest BCUT2D eigenvalue weighted by molar-refractivity contribution is 7.13. The van der Waals surface area contributed by atoms with Crippen molar-refractivity contribution < 1.29 is 19.1 Å². The van der Waals surface area contributed by atoms with Crippen molar-refractivity contribution in [3.8, 4) is 11.5 Å². The van der Waals surface area contributed by atoms with E-state index in [2.05, 4.69) is 10.3 Å². The number of nitrogens with one attached hydrogen (secondary N) is 1. The van der Waals surface area contributed by atoms with Gasteiger partial charge in [0, 0.05) is 44.5 Å². The van der Waals surface area contributed by atoms with Crippen molar-refractivity contribution in [2.75, 3.05) is 45.7 Å². The molecule has 1 saturated heterocycles. The number of hydrogen-bond donors (Lipinski definition) is 1. The zero-order valence-electron chi connectivity index (χ0n) is 16.2. The number of carbonyl (C=O) groups is 2. The van der Waals surface area contributed by atoms with Gasteiger partial charge in [0.15, 0.2) is 5.13 Å². The van der Waals surface area contributed by atoms with Crippen LogP contribution in [0.2, 0.25) is 0 Å². The summed E-state index contributed by atoms with van der Waals surface area (Å²) in [5.41, 5.74) is 1.46. The molecule has 8 nitrogen and oxygen atoms in total. The molecule has 1 aliphatic heterocycles. The molecule has 0 radical (unpaired) electrons. The lowest BCUT2D eigenvalue weighted by atomic mass is 10.2. The number of nitrogens with zero attached hydrogens (tertiary/aromatic N) is 3. The fourth-order valence-electron chi connectivity index (χ4n) is 3.01. The monoisotopic (exact) mass is 404 g/mol. The number of amides is 2. The van der Waals surface area contributed by atoms with Gasteiger partial charge in [0.25, 0.3) is 0 Å². The Morgan fingerprint density at radius 2 is 1.86 bits per heavy atom. The maximum absolute atomic E-state index is 12.5. The van der Waals surface area contributed by atoms with Crippen LogP contribution < -0.4 is 14.8 Å². The molecule has 9 heteroatoms. The highest BCUT2D eigenvalue weighted by atomic mass is 32.1. The molecule has 2 aromatic rings. The third-order valence-corrected chi connectivity index (χ3v) is 5.42. The van der Waals surface area contributed by atoms with Crippen molar-refractivity contribution in [2.45, 2.75) is 13.3 Å². The molecule has 0 saturated carbocycles. The quantitative estimate of drug-likeness (QED) is 0.794. The number of benzene rings is 1. The van der Waals surface area contributed by atoms with Gasteiger partial charge in [-0.05, 0) is 12.1 Å². The number of hydrogen-bond acceptors (Lipinski definition) is 7. The number of anilines is 2. The van der Waals surface area contributed by atoms with Crippen LogP contribution in [0.25, 0.3) is 0 Å². The Bertz CT molecular complexity index is 846. The van der Waals surface area contributed by atoms with Gasteiger partial charge in [0.1, 0.15) is 11.5 Å². The van der Waals surface area contributed by atoms with Crippen LogP contribution in [0.5, 0.6) is 11.5 Å². The number of aromatic nitrogens is 1. The first-order chi connectivity index (χ1) is 13.5. The van der Waals surface area contributed by atoms with Crippen LogP contribution in [-0.4, -0.2) is 67.0 Å². The lowest BCUT2D eigenvalue weighted by molar-refractivity contribution is -0.138. The predicted octanol–water partition coefficient (Wildman–Crippen LogP) is 2.14. The molecular weight excluding hydrogens is 380 g/mol. The molecule has 28 heavy (non-hydrogen) atoms. The molecule has 0 spiro atoms. The maximum atomic E-state index is 12.5. The highest BCUT2D eigenvalue weighted by Gasteiger charge is 2.23. The van der Waals surface area contributed by atoms with E-state index in [1.54, 1.807) is 30.9 Å². The molecule has 0 bridgehead atoms. The summed E-state index contributed by atoms with van der Waals surface area (Å²) in [6.45, 7) is 3.85. The van der Waals surface area contributed by atoms with Gasteiger partial charge in [0.05, 0.1) is 32.0 Å². The molecule has 1 aromatic heterocycles. The highest BCUT2D eigenvalue weighted by Crippen LogP contribution is 2.32. The van der Waals surface area contributed by atoms with Crippen molar-refractivity contribution in [3.63, 3.8) is 0 Å². The van der Waals surface area contributed by atoms with E-state index in [-0.39, 0.29) is 18.2 Å². The van der Waals surface area contributed by atoms with Crippen molar-refractivity contribution >= 4 is 34.0 Å². The van der Waals surface area contributed by atoms with Crippen molar-refractivity contribution in [1.82, 2.24) is 14.8 Å². The summed E-state index contributed by atoms with van der Waals surface area (Å²) in [7, 11) is 3.21. The largest absolute Gasteiger partial charge is 0.497 e. The minimum Gasteiger partial charge on any atom is -0.497 e. The van der Waals surface area contributed by atoms with Crippen molar-refractivity contribution in [1.29, 1.82) is 0 Å². The molecule has 0 atom stereocenters. The van der Waals surface area contributed by atoms with Crippen LogP contribution in [0.1, 0.15) is 12.6 Å². The number of thiazole rings is 1. The Balaban J connectivity index is 1.60. The lowest BCUT2D eigenvalue weighted by Crippen LogP contribution is -2.50. The number of rotatable bonds is 6. The predicted molar refractivity (Wildman–Crippen MR) is 107 cm³/mol. The molecule has 0 unspecified atom stereocenters. The average Bonchev–Trinajstić information content (AvgIpc) is 3.14. The van der Waals surface area contributed by atoms with Crippen LogP contribution in [0, 0.1) is 0 Å². The summed E-state index contributed by atoms with van der Waals surface area (Å²) >= 11 is 1.43. The first-order valence-electron chi connectivity index (χ1n) is 8.97. The Kier molecular flexibility index (Phi) is 6.35. The minimum absolute atomic E-state index is 0.0269. The molecule has 0 aliphatic carbocycles. The van der Waals surface area contributed by atoms with Gasteiger partial charge in [-0.3, -0.25) is 9.59 Å². The zero-order chi connectivity index (χ0) is 20.1. The summed E-state index contributed by atoms with van der Waals surface area (Å²) in [5.74, 6) is 1.46. The Labute approximate surface area is 168 Å². The molecule has 1 fully saturated rings. The van der Waals surface area contributed by atoms with Gasteiger partial charge in [0.2, 0.25) is 11.8 Å². The average molecular weight is 404 g/mol. The number of methoxy groups -OCH3 is 2. The van der Waals surface area contributed by atoms with Crippen LogP contribution in [0.4, 0.5) is 10.8 Å². The summed E-state index contributed by atoms with van der Waals surface area (Å²) in [4.78, 5) is 32.0. The second-order valence-corrected chi connectivity index (χ2v) is 7.26. The normalized spacial score (nSPS) is 14.0. The van der Waals surface area contributed by atoms with Gasteiger partial charge < -0.3 is 24.6 Å². The van der Waals surface area contributed by atoms with E-state index in [1.165, 1.54) is 11.3 Å². The second-order valence-electron chi connectivity index (χ2n) is 6.40. The first-order valence-corrected chi connectivity index (χ1v) is 9.85. The van der Waals surface area contributed by atoms with Crippen LogP contribution in [0.15, 0.2) is 23.6 Å². The van der Waals surface area contributed by atoms with E-state index in [9.17, 15) is 9.59 Å². The molecule has 3 rings (SSSR count). The van der Waals surface area contributed by atoms with E-state index >= 15 is 0 Å². The van der Waals surface area contributed by atoms with Crippen molar-refractivity contribution in [3.05, 3.63) is 29.3 Å². The Hall–Kier alpha value is -2.81. The van der Waals surface area contributed by atoms with E-state index < -0.39 is 0 Å². The third-order valence-electron chi connectivity index (χ3n) is 4.61. The van der Waals surface area contributed by atoms with Gasteiger partial charge in [-0.2, -0.15) is 0 Å². The van der Waals surface area contributed by atoms with Gasteiger partial charge in [-0.25, -0.2) is 4.98 Å². The van der Waals surface area contributed by atoms with E-state index in [1.807, 2.05) is 23.6 Å². The summed E-state index contributed by atoms with van der Waals surface area (Å²) in [6.07, 6.45) is 0.244. The molecule has 150 valence electrons. The smallest absolute Gasteiger partial charge is 0.228 e. The molecule has 1 aromatic carbocycles. The fourth-order valence-corrected chi connectivity index (χ4v) is 3.73. The van der Waals surface area contributed by atoms with Crippen LogP contribution in [0.3, 0.4) is 0 Å². The van der Waals surface area contributed by atoms with Crippen molar-refractivity contribution in [2.24, 2.45) is 0 Å².